The lowest BCUT2D eigenvalue weighted by molar-refractivity contribution is 0.0967. The Morgan fingerprint density at radius 2 is 2.21 bits per heavy atom. The molecule has 0 radical (unpaired) electrons. The van der Waals surface area contributed by atoms with E-state index >= 15 is 0 Å². The molecule has 0 bridgehead atoms. The van der Waals surface area contributed by atoms with Gasteiger partial charge < -0.3 is 10.8 Å². The van der Waals surface area contributed by atoms with Crippen LogP contribution in [-0.2, 0) is 0 Å². The summed E-state index contributed by atoms with van der Waals surface area (Å²) in [6, 6.07) is 1.31. The zero-order valence-corrected chi connectivity index (χ0v) is 8.18. The zero-order valence-electron chi connectivity index (χ0n) is 7.42. The van der Waals surface area contributed by atoms with Crippen molar-refractivity contribution in [2.24, 2.45) is 5.73 Å². The second-order valence-electron chi connectivity index (χ2n) is 2.94. The molecule has 0 saturated heterocycles. The molecule has 1 aromatic rings. The summed E-state index contributed by atoms with van der Waals surface area (Å²) in [5, 5.41) is 8.75. The van der Waals surface area contributed by atoms with Crippen LogP contribution in [0.5, 0.6) is 5.75 Å². The number of phenolic OH excluding ortho intramolecular Hbond substituents is 1. The maximum atomic E-state index is 13.0. The lowest BCUT2D eigenvalue weighted by atomic mass is 10.1. The molecule has 3 nitrogen and oxygen atoms in total. The number of carbonyl (C=O) groups is 1. The van der Waals surface area contributed by atoms with Gasteiger partial charge in [-0.15, -0.1) is 0 Å². The predicted octanol–water partition coefficient (Wildman–Crippen LogP) is 1.71. The number of halogens is 2. The van der Waals surface area contributed by atoms with Gasteiger partial charge in [-0.3, -0.25) is 4.79 Å². The normalized spacial score (nSPS) is 12.6. The van der Waals surface area contributed by atoms with Crippen molar-refractivity contribution in [1.29, 1.82) is 0 Å². The lowest BCUT2D eigenvalue weighted by Gasteiger charge is -2.06. The van der Waals surface area contributed by atoms with Crippen LogP contribution in [0.4, 0.5) is 4.39 Å². The first-order valence-electron chi connectivity index (χ1n) is 3.91. The molecule has 14 heavy (non-hydrogen) atoms. The van der Waals surface area contributed by atoms with Gasteiger partial charge in [0, 0.05) is 5.56 Å². The van der Waals surface area contributed by atoms with Gasteiger partial charge in [-0.05, 0) is 19.1 Å². The highest BCUT2D eigenvalue weighted by Crippen LogP contribution is 2.27. The minimum atomic E-state index is -0.837. The summed E-state index contributed by atoms with van der Waals surface area (Å²) in [5.74, 6) is -1.75. The number of ketones is 1. The second-order valence-corrected chi connectivity index (χ2v) is 3.32. The molecule has 0 aliphatic carbocycles. The van der Waals surface area contributed by atoms with Gasteiger partial charge in [0.1, 0.15) is 16.6 Å². The first-order valence-corrected chi connectivity index (χ1v) is 4.29. The number of carbonyl (C=O) groups excluding carboxylic acids is 1. The highest BCUT2D eigenvalue weighted by molar-refractivity contribution is 6.32. The number of phenols is 1. The van der Waals surface area contributed by atoms with Crippen LogP contribution in [0.15, 0.2) is 12.1 Å². The number of Topliss-reactive ketones (excluding diaryl/α,β-unsaturated/α-hetero) is 1. The van der Waals surface area contributed by atoms with Crippen LogP contribution in [0.25, 0.3) is 0 Å². The van der Waals surface area contributed by atoms with Gasteiger partial charge in [-0.1, -0.05) is 11.6 Å². The SMILES string of the molecule is CC(N)C(=O)c1cc(O)c(Cl)c(F)c1. The number of nitrogens with two attached hydrogens (primary N) is 1. The fourth-order valence-electron chi connectivity index (χ4n) is 0.980. The number of hydrogen-bond acceptors (Lipinski definition) is 3. The molecule has 0 heterocycles. The summed E-state index contributed by atoms with van der Waals surface area (Å²) in [5.41, 5.74) is 5.33. The van der Waals surface area contributed by atoms with Gasteiger partial charge in [0.15, 0.2) is 5.78 Å². The first-order chi connectivity index (χ1) is 6.43. The maximum absolute atomic E-state index is 13.0. The van der Waals surface area contributed by atoms with Crippen molar-refractivity contribution in [1.82, 2.24) is 0 Å². The minimum absolute atomic E-state index is 0.0133. The van der Waals surface area contributed by atoms with Gasteiger partial charge in [0.25, 0.3) is 0 Å². The highest BCUT2D eigenvalue weighted by atomic mass is 35.5. The molecule has 76 valence electrons. The zero-order chi connectivity index (χ0) is 10.9. The molecular formula is C9H9ClFNO2. The van der Waals surface area contributed by atoms with Gasteiger partial charge in [-0.2, -0.15) is 0 Å². The topological polar surface area (TPSA) is 63.3 Å². The van der Waals surface area contributed by atoms with Gasteiger partial charge in [-0.25, -0.2) is 4.39 Å². The summed E-state index contributed by atoms with van der Waals surface area (Å²) in [6.07, 6.45) is 0. The molecule has 0 aromatic heterocycles. The van der Waals surface area contributed by atoms with Gasteiger partial charge >= 0.3 is 0 Å². The second kappa shape index (κ2) is 3.94. The molecule has 0 saturated carbocycles. The van der Waals surface area contributed by atoms with Crippen molar-refractivity contribution in [2.75, 3.05) is 0 Å². The molecular weight excluding hydrogens is 209 g/mol. The van der Waals surface area contributed by atoms with Gasteiger partial charge in [0.05, 0.1) is 6.04 Å². The first kappa shape index (κ1) is 10.9. The summed E-state index contributed by atoms with van der Waals surface area (Å²) in [4.78, 5) is 11.3. The fraction of sp³-hybridized carbons (Fsp3) is 0.222. The molecule has 3 N–H and O–H groups in total. The Morgan fingerprint density at radius 1 is 1.64 bits per heavy atom. The van der Waals surface area contributed by atoms with E-state index in [-0.39, 0.29) is 5.56 Å². The highest BCUT2D eigenvalue weighted by Gasteiger charge is 2.15. The molecule has 0 spiro atoms. The number of aromatic hydroxyl groups is 1. The van der Waals surface area contributed by atoms with Crippen LogP contribution in [0.2, 0.25) is 5.02 Å². The van der Waals surface area contributed by atoms with Crippen molar-refractivity contribution >= 4 is 17.4 Å². The smallest absolute Gasteiger partial charge is 0.179 e. The Labute approximate surface area is 85.3 Å². The van der Waals surface area contributed by atoms with E-state index in [0.717, 1.165) is 12.1 Å². The quantitative estimate of drug-likeness (QED) is 0.742. The monoisotopic (exact) mass is 217 g/mol. The van der Waals surface area contributed by atoms with E-state index < -0.39 is 28.4 Å². The molecule has 0 aliphatic rings. The standard InChI is InChI=1S/C9H9ClFNO2/c1-4(12)9(14)5-2-6(11)8(10)7(13)3-5/h2-4,13H,12H2,1H3. The Bertz CT molecular complexity index is 356. The van der Waals surface area contributed by atoms with E-state index in [1.807, 2.05) is 0 Å². The van der Waals surface area contributed by atoms with Crippen molar-refractivity contribution in [2.45, 2.75) is 13.0 Å². The van der Waals surface area contributed by atoms with E-state index in [4.69, 9.17) is 22.4 Å². The predicted molar refractivity (Wildman–Crippen MR) is 51.1 cm³/mol. The Balaban J connectivity index is 3.19. The van der Waals surface area contributed by atoms with E-state index in [9.17, 15) is 9.18 Å². The van der Waals surface area contributed by atoms with Crippen molar-refractivity contribution in [3.63, 3.8) is 0 Å². The average molecular weight is 218 g/mol. The average Bonchev–Trinajstić information content (AvgIpc) is 2.12. The molecule has 5 heteroatoms. The van der Waals surface area contributed by atoms with E-state index in [2.05, 4.69) is 0 Å². The largest absolute Gasteiger partial charge is 0.506 e. The lowest BCUT2D eigenvalue weighted by Crippen LogP contribution is -2.26. The van der Waals surface area contributed by atoms with E-state index in [0.29, 0.717) is 0 Å². The van der Waals surface area contributed by atoms with E-state index in [1.54, 1.807) is 0 Å². The minimum Gasteiger partial charge on any atom is -0.506 e. The summed E-state index contributed by atoms with van der Waals surface area (Å²) < 4.78 is 13.0. The third-order valence-corrected chi connectivity index (χ3v) is 2.08. The summed E-state index contributed by atoms with van der Waals surface area (Å²) in [6.45, 7) is 1.48. The number of rotatable bonds is 2. The summed E-state index contributed by atoms with van der Waals surface area (Å²) >= 11 is 5.37. The van der Waals surface area contributed by atoms with Crippen LogP contribution in [0.1, 0.15) is 17.3 Å². The molecule has 0 amide bonds. The van der Waals surface area contributed by atoms with Crippen molar-refractivity contribution < 1.29 is 14.3 Å². The van der Waals surface area contributed by atoms with Crippen LogP contribution >= 0.6 is 11.6 Å². The Morgan fingerprint density at radius 3 is 2.64 bits per heavy atom. The Hall–Kier alpha value is -1.13. The Kier molecular flexibility index (Phi) is 3.08. The van der Waals surface area contributed by atoms with Crippen LogP contribution < -0.4 is 5.73 Å². The van der Waals surface area contributed by atoms with Crippen LogP contribution in [0.3, 0.4) is 0 Å². The number of benzene rings is 1. The third-order valence-electron chi connectivity index (χ3n) is 1.71. The number of hydrogen-bond donors (Lipinski definition) is 2. The van der Waals surface area contributed by atoms with Crippen molar-refractivity contribution in [3.8, 4) is 5.75 Å². The summed E-state index contributed by atoms with van der Waals surface area (Å²) in [7, 11) is 0. The molecule has 1 rings (SSSR count). The fourth-order valence-corrected chi connectivity index (χ4v) is 1.09. The maximum Gasteiger partial charge on any atom is 0.179 e. The third kappa shape index (κ3) is 2.02. The van der Waals surface area contributed by atoms with Crippen LogP contribution in [0, 0.1) is 5.82 Å². The van der Waals surface area contributed by atoms with Crippen molar-refractivity contribution in [3.05, 3.63) is 28.5 Å². The van der Waals surface area contributed by atoms with Crippen LogP contribution in [-0.4, -0.2) is 16.9 Å². The molecule has 1 atom stereocenters. The van der Waals surface area contributed by atoms with E-state index in [1.165, 1.54) is 6.92 Å². The molecule has 1 unspecified atom stereocenters. The van der Waals surface area contributed by atoms with Gasteiger partial charge in [0.2, 0.25) is 0 Å². The molecule has 0 fully saturated rings. The molecule has 0 aliphatic heterocycles. The molecule has 1 aromatic carbocycles.